The molecule has 44 heavy (non-hydrogen) atoms. The fraction of sp³-hybridized carbons (Fsp3) is 0.226. The van der Waals surface area contributed by atoms with Crippen molar-refractivity contribution in [3.63, 3.8) is 0 Å². The van der Waals surface area contributed by atoms with Crippen molar-refractivity contribution in [2.75, 3.05) is 49.6 Å². The summed E-state index contributed by atoms with van der Waals surface area (Å²) in [6.07, 6.45) is 6.23. The third-order valence-electron chi connectivity index (χ3n) is 7.72. The van der Waals surface area contributed by atoms with Crippen LogP contribution in [0.3, 0.4) is 0 Å². The summed E-state index contributed by atoms with van der Waals surface area (Å²) < 4.78 is 25.8. The molecule has 7 rings (SSSR count). The van der Waals surface area contributed by atoms with E-state index < -0.39 is 17.3 Å². The number of carbonyl (C=O) groups is 1. The van der Waals surface area contributed by atoms with E-state index in [1.165, 1.54) is 42.7 Å². The second-order valence-corrected chi connectivity index (χ2v) is 10.5. The highest BCUT2D eigenvalue weighted by Gasteiger charge is 2.29. The van der Waals surface area contributed by atoms with Crippen molar-refractivity contribution in [1.29, 1.82) is 0 Å². The topological polar surface area (TPSA) is 128 Å². The highest BCUT2D eigenvalue weighted by atomic mass is 19.1. The summed E-state index contributed by atoms with van der Waals surface area (Å²) in [6.45, 7) is 5.31. The molecule has 0 atom stereocenters. The minimum absolute atomic E-state index is 0.141. The lowest BCUT2D eigenvalue weighted by Gasteiger charge is -2.42. The zero-order valence-corrected chi connectivity index (χ0v) is 23.5. The van der Waals surface area contributed by atoms with Crippen LogP contribution in [0.5, 0.6) is 11.5 Å². The number of fused-ring (bicyclic) bond motifs is 1. The van der Waals surface area contributed by atoms with Gasteiger partial charge < -0.3 is 19.7 Å². The number of hydrogen-bond donors (Lipinski definition) is 1. The maximum Gasteiger partial charge on any atom is 0.284 e. The predicted octanol–water partition coefficient (Wildman–Crippen LogP) is 3.28. The first-order valence-electron chi connectivity index (χ1n) is 14.1. The van der Waals surface area contributed by atoms with Crippen LogP contribution in [0.15, 0.2) is 84.2 Å². The van der Waals surface area contributed by atoms with E-state index in [-0.39, 0.29) is 11.4 Å². The van der Waals surface area contributed by atoms with Gasteiger partial charge in [-0.3, -0.25) is 19.5 Å². The summed E-state index contributed by atoms with van der Waals surface area (Å²) in [7, 11) is 0. The van der Waals surface area contributed by atoms with E-state index in [1.54, 1.807) is 30.6 Å². The largest absolute Gasteiger partial charge is 0.455 e. The van der Waals surface area contributed by atoms with Crippen LogP contribution in [0.25, 0.3) is 16.6 Å². The molecule has 0 spiro atoms. The van der Waals surface area contributed by atoms with Gasteiger partial charge in [0, 0.05) is 44.0 Å². The minimum atomic E-state index is -0.656. The van der Waals surface area contributed by atoms with Crippen molar-refractivity contribution in [2.45, 2.75) is 6.04 Å². The number of nitrogens with one attached hydrogen (secondary N) is 1. The van der Waals surface area contributed by atoms with Gasteiger partial charge in [0.1, 0.15) is 34.5 Å². The number of carbonyl (C=O) groups excluding carboxylic acids is 1. The van der Waals surface area contributed by atoms with Crippen molar-refractivity contribution in [2.24, 2.45) is 0 Å². The van der Waals surface area contributed by atoms with Crippen LogP contribution >= 0.6 is 0 Å². The Morgan fingerprint density at radius 2 is 1.75 bits per heavy atom. The number of anilines is 2. The van der Waals surface area contributed by atoms with Crippen molar-refractivity contribution in [3.8, 4) is 17.2 Å². The van der Waals surface area contributed by atoms with Gasteiger partial charge in [-0.05, 0) is 54.6 Å². The number of aromatic nitrogens is 5. The number of hydrogen-bond acceptors (Lipinski definition) is 10. The van der Waals surface area contributed by atoms with Crippen LogP contribution in [0.4, 0.5) is 16.0 Å². The highest BCUT2D eigenvalue weighted by molar-refractivity contribution is 6.03. The number of benzene rings is 1. The minimum Gasteiger partial charge on any atom is -0.455 e. The van der Waals surface area contributed by atoms with Crippen molar-refractivity contribution < 1.29 is 18.7 Å². The molecule has 1 N–H and O–H groups in total. The van der Waals surface area contributed by atoms with Crippen LogP contribution in [0.1, 0.15) is 10.4 Å². The lowest BCUT2D eigenvalue weighted by molar-refractivity contribution is -0.0660. The molecule has 222 valence electrons. The number of amides is 1. The number of ether oxygens (including phenoxy) is 2. The lowest BCUT2D eigenvalue weighted by Crippen LogP contribution is -2.56. The maximum absolute atomic E-state index is 13.3. The van der Waals surface area contributed by atoms with Crippen LogP contribution < -0.4 is 20.5 Å². The Bertz CT molecular complexity index is 1870. The summed E-state index contributed by atoms with van der Waals surface area (Å²) >= 11 is 0. The number of nitrogens with zero attached hydrogens (tertiary/aromatic N) is 7. The Balaban J connectivity index is 1.04. The van der Waals surface area contributed by atoms with Gasteiger partial charge in [0.2, 0.25) is 0 Å². The quantitative estimate of drug-likeness (QED) is 0.300. The first kappa shape index (κ1) is 27.6. The van der Waals surface area contributed by atoms with Crippen LogP contribution in [-0.2, 0) is 4.74 Å². The average Bonchev–Trinajstić information content (AvgIpc) is 3.02. The van der Waals surface area contributed by atoms with Crippen LogP contribution in [-0.4, -0.2) is 81.0 Å². The van der Waals surface area contributed by atoms with Gasteiger partial charge in [-0.1, -0.05) is 0 Å². The summed E-state index contributed by atoms with van der Waals surface area (Å²) in [5, 5.41) is 7.45. The zero-order valence-electron chi connectivity index (χ0n) is 23.5. The van der Waals surface area contributed by atoms with Gasteiger partial charge in [0.25, 0.3) is 11.5 Å². The fourth-order valence-corrected chi connectivity index (χ4v) is 5.20. The molecule has 6 heterocycles. The summed E-state index contributed by atoms with van der Waals surface area (Å²) in [5.74, 6) is 1.04. The molecule has 2 fully saturated rings. The molecule has 0 aliphatic carbocycles. The zero-order chi connectivity index (χ0) is 30.0. The van der Waals surface area contributed by atoms with Gasteiger partial charge in [-0.2, -0.15) is 9.78 Å². The lowest BCUT2D eigenvalue weighted by atomic mass is 10.1. The van der Waals surface area contributed by atoms with Gasteiger partial charge in [-0.15, -0.1) is 0 Å². The summed E-state index contributed by atoms with van der Waals surface area (Å²) in [5.41, 5.74) is 0.249. The molecule has 2 aliphatic heterocycles. The normalized spacial score (nSPS) is 15.6. The molecule has 0 bridgehead atoms. The van der Waals surface area contributed by atoms with Gasteiger partial charge in [-0.25, -0.2) is 14.4 Å². The van der Waals surface area contributed by atoms with E-state index >= 15 is 0 Å². The van der Waals surface area contributed by atoms with E-state index in [4.69, 9.17) is 9.47 Å². The molecular weight excluding hydrogens is 567 g/mol. The third-order valence-corrected chi connectivity index (χ3v) is 7.72. The molecule has 0 radical (unpaired) electrons. The molecule has 13 heteroatoms. The van der Waals surface area contributed by atoms with Gasteiger partial charge in [0.15, 0.2) is 0 Å². The molecule has 5 aromatic rings. The number of rotatable bonds is 7. The second kappa shape index (κ2) is 11.8. The van der Waals surface area contributed by atoms with E-state index in [0.717, 1.165) is 55.3 Å². The van der Waals surface area contributed by atoms with E-state index in [0.29, 0.717) is 28.7 Å². The monoisotopic (exact) mass is 594 g/mol. The molecule has 0 saturated carbocycles. The van der Waals surface area contributed by atoms with E-state index in [1.807, 2.05) is 6.07 Å². The van der Waals surface area contributed by atoms with Crippen LogP contribution in [0, 0.1) is 5.82 Å². The Morgan fingerprint density at radius 1 is 0.932 bits per heavy atom. The number of pyridine rings is 3. The molecule has 2 aliphatic rings. The molecule has 4 aromatic heterocycles. The Morgan fingerprint density at radius 3 is 2.48 bits per heavy atom. The average molecular weight is 595 g/mol. The second-order valence-electron chi connectivity index (χ2n) is 10.5. The summed E-state index contributed by atoms with van der Waals surface area (Å²) in [6, 6.07) is 14.1. The molecule has 1 aromatic carbocycles. The predicted molar refractivity (Wildman–Crippen MR) is 160 cm³/mol. The maximum atomic E-state index is 13.3. The van der Waals surface area contributed by atoms with Gasteiger partial charge in [0.05, 0.1) is 42.9 Å². The smallest absolute Gasteiger partial charge is 0.284 e. The molecule has 12 nitrogen and oxygen atoms in total. The van der Waals surface area contributed by atoms with Crippen LogP contribution in [0.2, 0.25) is 0 Å². The SMILES string of the molecule is O=C(Nc1ccc(Oc2ccnc3cnc(N4CCN(C5COC5)CC4)cc23)cn1)c1ccnn(-c2ccc(F)cc2)c1=O. The Kier molecular flexibility index (Phi) is 7.38. The molecule has 1 amide bonds. The van der Waals surface area contributed by atoms with Crippen molar-refractivity contribution in [3.05, 3.63) is 101 Å². The van der Waals surface area contributed by atoms with E-state index in [2.05, 4.69) is 35.2 Å². The first-order chi connectivity index (χ1) is 21.5. The molecule has 0 unspecified atom stereocenters. The van der Waals surface area contributed by atoms with Gasteiger partial charge >= 0.3 is 0 Å². The Hall–Kier alpha value is -5.27. The highest BCUT2D eigenvalue weighted by Crippen LogP contribution is 2.31. The Labute approximate surface area is 250 Å². The van der Waals surface area contributed by atoms with Crippen molar-refractivity contribution >= 4 is 28.4 Å². The number of halogens is 1. The third kappa shape index (κ3) is 5.57. The van der Waals surface area contributed by atoms with E-state index in [9.17, 15) is 14.0 Å². The molecular formula is C31H27FN8O4. The standard InChI is InChI=1S/C31H27FN8O4/c32-20-1-3-21(4-2-20)40-31(42)24(7-10-36-40)30(41)37-28-6-5-23(16-34-28)44-27-8-9-33-26-17-35-29(15-25(26)27)39-13-11-38(12-14-39)22-18-43-19-22/h1-10,15-17,22H,11-14,18-19H2,(H,34,37,41). The number of piperazine rings is 1. The summed E-state index contributed by atoms with van der Waals surface area (Å²) in [4.78, 5) is 44.0. The molecule has 2 saturated heterocycles. The first-order valence-corrected chi connectivity index (χ1v) is 14.1. The van der Waals surface area contributed by atoms with Crippen molar-refractivity contribution in [1.82, 2.24) is 29.6 Å². The fourth-order valence-electron chi connectivity index (χ4n) is 5.20.